The van der Waals surface area contributed by atoms with Crippen LogP contribution in [0.5, 0.6) is 0 Å². The predicted molar refractivity (Wildman–Crippen MR) is 194 cm³/mol. The van der Waals surface area contributed by atoms with Crippen molar-refractivity contribution in [3.8, 4) is 11.8 Å². The van der Waals surface area contributed by atoms with Crippen LogP contribution >= 0.6 is 0 Å². The number of nitrogens with zero attached hydrogens (tertiary/aromatic N) is 8. The highest BCUT2D eigenvalue weighted by molar-refractivity contribution is 6.05. The lowest BCUT2D eigenvalue weighted by Crippen LogP contribution is -2.50. The molecule has 54 heavy (non-hydrogen) atoms. The molecule has 2 aliphatic rings. The van der Waals surface area contributed by atoms with E-state index in [-0.39, 0.29) is 41.9 Å². The van der Waals surface area contributed by atoms with E-state index >= 15 is 0 Å². The third kappa shape index (κ3) is 7.86. The Morgan fingerprint density at radius 2 is 1.83 bits per heavy atom. The number of nitrogens with one attached hydrogen (secondary N) is 2. The van der Waals surface area contributed by atoms with Gasteiger partial charge in [-0.05, 0) is 92.9 Å². The minimum atomic E-state index is -4.65. The summed E-state index contributed by atoms with van der Waals surface area (Å²) in [6, 6.07) is 15.4. The highest BCUT2D eigenvalue weighted by Gasteiger charge is 2.36. The summed E-state index contributed by atoms with van der Waals surface area (Å²) in [7, 11) is 1.93. The summed E-state index contributed by atoms with van der Waals surface area (Å²) in [6.45, 7) is 3.33. The number of aryl methyl sites for hydroxylation is 1. The van der Waals surface area contributed by atoms with Crippen LogP contribution < -0.4 is 20.4 Å². The molecule has 4 amide bonds. The average Bonchev–Trinajstić information content (AvgIpc) is 3.57. The van der Waals surface area contributed by atoms with E-state index in [2.05, 4.69) is 47.7 Å². The monoisotopic (exact) mass is 736 g/mol. The highest BCUT2D eigenvalue weighted by atomic mass is 19.4. The minimum Gasteiger partial charge on any atom is -0.371 e. The molecule has 2 aromatic carbocycles. The van der Waals surface area contributed by atoms with Crippen molar-refractivity contribution in [3.63, 3.8) is 0 Å². The number of halogens is 3. The molecule has 0 radical (unpaired) electrons. The van der Waals surface area contributed by atoms with Gasteiger partial charge < -0.3 is 10.2 Å². The van der Waals surface area contributed by atoms with Gasteiger partial charge in [-0.3, -0.25) is 24.7 Å². The summed E-state index contributed by atoms with van der Waals surface area (Å²) in [6.07, 6.45) is -0.00842. The molecular weight excluding hydrogens is 701 g/mol. The Hall–Kier alpha value is -6.34. The molecule has 2 aliphatic heterocycles. The van der Waals surface area contributed by atoms with Gasteiger partial charge in [-0.1, -0.05) is 12.0 Å². The van der Waals surface area contributed by atoms with E-state index in [9.17, 15) is 27.6 Å². The lowest BCUT2D eigenvalue weighted by atomic mass is 10.0. The molecule has 5 aromatic rings. The Bertz CT molecular complexity index is 2290. The van der Waals surface area contributed by atoms with Crippen molar-refractivity contribution in [2.45, 2.75) is 44.9 Å². The second-order valence-electron chi connectivity index (χ2n) is 13.2. The molecule has 13 nitrogen and oxygen atoms in total. The zero-order chi connectivity index (χ0) is 38.0. The summed E-state index contributed by atoms with van der Waals surface area (Å²) in [5, 5.41) is 17.5. The molecule has 7 rings (SSSR count). The van der Waals surface area contributed by atoms with Gasteiger partial charge in [-0.25, -0.2) is 14.3 Å². The first-order chi connectivity index (χ1) is 25.9. The number of hydrogen-bond donors (Lipinski definition) is 2. The number of urea groups is 1. The molecule has 0 bridgehead atoms. The van der Waals surface area contributed by atoms with Gasteiger partial charge in [-0.2, -0.15) is 23.4 Å². The number of piperidine rings is 1. The first-order valence-electron chi connectivity index (χ1n) is 17.3. The quantitative estimate of drug-likeness (QED) is 0.220. The molecule has 2 saturated heterocycles. The number of carbonyl (C=O) groups excluding carboxylic acids is 3. The van der Waals surface area contributed by atoms with E-state index < -0.39 is 23.7 Å². The molecule has 0 spiro atoms. The van der Waals surface area contributed by atoms with Gasteiger partial charge in [0.15, 0.2) is 11.5 Å². The number of amides is 4. The number of alkyl halides is 3. The Morgan fingerprint density at radius 3 is 2.57 bits per heavy atom. The molecular formula is C38H35F3N10O3. The van der Waals surface area contributed by atoms with Crippen molar-refractivity contribution in [1.82, 2.24) is 35.0 Å². The maximum Gasteiger partial charge on any atom is 0.418 e. The number of imide groups is 1. The standard InChI is InChI=1S/C38H35F3N10O3/c1-24-5-6-26(20-25(24)7-10-30-22-42-33-4-3-16-43-51(30)33)36(53)44-27-8-11-32(31(21-27)38(39,40)41)49-17-13-29(14-18-49)48(2)23-28-9-12-34(47-46-28)50-19-15-35(52)45-37(50)54/h3-6,8-9,11-12,16,20-22,29H,13-15,17-19,23H2,1-2H3,(H,44,53)(H,45,52,54). The molecule has 3 aromatic heterocycles. The van der Waals surface area contributed by atoms with Crippen molar-refractivity contribution in [2.75, 3.05) is 41.8 Å². The summed E-state index contributed by atoms with van der Waals surface area (Å²) >= 11 is 0. The fourth-order valence-corrected chi connectivity index (χ4v) is 6.56. The first kappa shape index (κ1) is 36.0. The smallest absolute Gasteiger partial charge is 0.371 e. The summed E-state index contributed by atoms with van der Waals surface area (Å²) in [5.41, 5.74) is 2.80. The van der Waals surface area contributed by atoms with E-state index in [1.54, 1.807) is 64.3 Å². The van der Waals surface area contributed by atoms with E-state index in [1.165, 1.54) is 17.0 Å². The van der Waals surface area contributed by atoms with Crippen LogP contribution in [0.25, 0.3) is 5.65 Å². The maximum atomic E-state index is 14.4. The van der Waals surface area contributed by atoms with Crippen molar-refractivity contribution >= 4 is 40.7 Å². The van der Waals surface area contributed by atoms with Gasteiger partial charge in [0.1, 0.15) is 5.69 Å². The minimum absolute atomic E-state index is 0.0252. The van der Waals surface area contributed by atoms with Crippen LogP contribution in [-0.4, -0.2) is 80.3 Å². The molecule has 16 heteroatoms. The van der Waals surface area contributed by atoms with E-state index in [1.807, 2.05) is 14.0 Å². The predicted octanol–water partition coefficient (Wildman–Crippen LogP) is 5.05. The van der Waals surface area contributed by atoms with Gasteiger partial charge in [-0.15, -0.1) is 5.10 Å². The normalized spacial score (nSPS) is 15.3. The van der Waals surface area contributed by atoms with Crippen molar-refractivity contribution in [1.29, 1.82) is 0 Å². The topological polar surface area (TPSA) is 141 Å². The number of hydrogen-bond acceptors (Lipinski definition) is 9. The molecule has 2 N–H and O–H groups in total. The number of carbonyl (C=O) groups is 3. The number of rotatable bonds is 7. The van der Waals surface area contributed by atoms with Gasteiger partial charge in [0.05, 0.1) is 17.5 Å². The Labute approximate surface area is 308 Å². The number of benzene rings is 2. The van der Waals surface area contributed by atoms with Gasteiger partial charge in [0.2, 0.25) is 5.91 Å². The largest absolute Gasteiger partial charge is 0.418 e. The molecule has 0 aliphatic carbocycles. The van der Waals surface area contributed by atoms with Crippen LogP contribution in [0.1, 0.15) is 57.7 Å². The first-order valence-corrected chi connectivity index (χ1v) is 17.3. The lowest BCUT2D eigenvalue weighted by Gasteiger charge is -2.38. The van der Waals surface area contributed by atoms with E-state index in [4.69, 9.17) is 0 Å². The third-order valence-electron chi connectivity index (χ3n) is 9.54. The van der Waals surface area contributed by atoms with Gasteiger partial charge in [0.25, 0.3) is 5.91 Å². The van der Waals surface area contributed by atoms with Crippen LogP contribution in [-0.2, 0) is 17.5 Å². The maximum absolute atomic E-state index is 14.4. The molecule has 2 fully saturated rings. The van der Waals surface area contributed by atoms with Crippen LogP contribution in [0.3, 0.4) is 0 Å². The third-order valence-corrected chi connectivity index (χ3v) is 9.54. The molecule has 0 unspecified atom stereocenters. The van der Waals surface area contributed by atoms with E-state index in [0.29, 0.717) is 60.9 Å². The second-order valence-corrected chi connectivity index (χ2v) is 13.2. The Morgan fingerprint density at radius 1 is 1.02 bits per heavy atom. The summed E-state index contributed by atoms with van der Waals surface area (Å²) in [4.78, 5) is 46.3. The average molecular weight is 737 g/mol. The zero-order valence-electron chi connectivity index (χ0n) is 29.4. The fourth-order valence-electron chi connectivity index (χ4n) is 6.56. The lowest BCUT2D eigenvalue weighted by molar-refractivity contribution is -0.137. The number of aromatic nitrogens is 5. The zero-order valence-corrected chi connectivity index (χ0v) is 29.4. The number of anilines is 3. The van der Waals surface area contributed by atoms with Crippen LogP contribution in [0, 0.1) is 18.8 Å². The molecule has 0 saturated carbocycles. The Kier molecular flexibility index (Phi) is 9.98. The summed E-state index contributed by atoms with van der Waals surface area (Å²) in [5.74, 6) is 5.54. The molecule has 276 valence electrons. The Balaban J connectivity index is 0.984. The van der Waals surface area contributed by atoms with Crippen LogP contribution in [0.4, 0.5) is 35.2 Å². The van der Waals surface area contributed by atoms with Crippen LogP contribution in [0.15, 0.2) is 73.1 Å². The van der Waals surface area contributed by atoms with Crippen LogP contribution in [0.2, 0.25) is 0 Å². The van der Waals surface area contributed by atoms with Crippen molar-refractivity contribution < 1.29 is 27.6 Å². The molecule has 0 atom stereocenters. The molecule has 5 heterocycles. The summed E-state index contributed by atoms with van der Waals surface area (Å²) < 4.78 is 44.9. The number of fused-ring (bicyclic) bond motifs is 1. The fraction of sp³-hybridized carbons (Fsp3) is 0.289. The highest BCUT2D eigenvalue weighted by Crippen LogP contribution is 2.39. The van der Waals surface area contributed by atoms with Gasteiger partial charge >= 0.3 is 12.2 Å². The SMILES string of the molecule is Cc1ccc(C(=O)Nc2ccc(N3CCC(N(C)Cc4ccc(N5CCC(=O)NC5=O)nn4)CC3)c(C(F)(F)F)c2)cc1C#Cc1cnc2cccnn12. The van der Waals surface area contributed by atoms with Crippen molar-refractivity contribution in [2.24, 2.45) is 0 Å². The number of imidazole rings is 1. The van der Waals surface area contributed by atoms with Gasteiger partial charge in [0, 0.05) is 67.3 Å². The van der Waals surface area contributed by atoms with Crippen molar-refractivity contribution in [3.05, 3.63) is 107 Å². The second kappa shape index (κ2) is 15.0. The van der Waals surface area contributed by atoms with E-state index in [0.717, 1.165) is 11.6 Å².